The molecule has 1 nitrogen and oxygen atoms in total. The summed E-state index contributed by atoms with van der Waals surface area (Å²) in [5.74, 6) is 2.78. The first-order chi connectivity index (χ1) is 3.41. The standard InChI is InChI=1S/C5H8OSi/c1-3-4-5-6-7-2/h3H2,1-2H3. The van der Waals surface area contributed by atoms with Crippen molar-refractivity contribution < 1.29 is 4.43 Å². The van der Waals surface area contributed by atoms with Gasteiger partial charge in [0.05, 0.1) is 6.11 Å². The predicted molar refractivity (Wildman–Crippen MR) is 30.8 cm³/mol. The van der Waals surface area contributed by atoms with E-state index in [4.69, 9.17) is 4.43 Å². The van der Waals surface area contributed by atoms with Gasteiger partial charge in [0, 0.05) is 6.42 Å². The lowest BCUT2D eigenvalue weighted by molar-refractivity contribution is 0.561. The lowest BCUT2D eigenvalue weighted by Crippen LogP contribution is -1.81. The van der Waals surface area contributed by atoms with Gasteiger partial charge >= 0.3 is 9.76 Å². The van der Waals surface area contributed by atoms with Gasteiger partial charge in [-0.15, -0.1) is 0 Å². The van der Waals surface area contributed by atoms with Gasteiger partial charge in [0.1, 0.15) is 0 Å². The van der Waals surface area contributed by atoms with Gasteiger partial charge in [-0.05, 0) is 6.55 Å². The normalized spacial score (nSPS) is 6.57. The van der Waals surface area contributed by atoms with Crippen LogP contribution in [0.4, 0.5) is 0 Å². The van der Waals surface area contributed by atoms with Crippen molar-refractivity contribution in [2.45, 2.75) is 19.9 Å². The molecule has 0 aliphatic heterocycles. The third-order valence-electron chi connectivity index (χ3n) is 0.402. The van der Waals surface area contributed by atoms with Gasteiger partial charge in [-0.25, -0.2) is 0 Å². The van der Waals surface area contributed by atoms with Gasteiger partial charge in [-0.2, -0.15) is 0 Å². The molecule has 0 heterocycles. The van der Waals surface area contributed by atoms with Crippen LogP contribution in [-0.4, -0.2) is 9.76 Å². The smallest absolute Gasteiger partial charge is 0.324 e. The third-order valence-corrected chi connectivity index (χ3v) is 0.708. The van der Waals surface area contributed by atoms with E-state index in [0.717, 1.165) is 6.42 Å². The Balaban J connectivity index is 2.91. The molecule has 0 amide bonds. The SMILES string of the molecule is CCC#CO[Si]C. The molecule has 2 heteroatoms. The van der Waals surface area contributed by atoms with Crippen LogP contribution in [0.3, 0.4) is 0 Å². The van der Waals surface area contributed by atoms with Crippen molar-refractivity contribution in [3.8, 4) is 12.0 Å². The fourth-order valence-electron chi connectivity index (χ4n) is 0.159. The summed E-state index contributed by atoms with van der Waals surface area (Å²) in [5, 5.41) is 0. The van der Waals surface area contributed by atoms with Crippen LogP contribution in [0.1, 0.15) is 13.3 Å². The summed E-state index contributed by atoms with van der Waals surface area (Å²) in [5.41, 5.74) is 0. The summed E-state index contributed by atoms with van der Waals surface area (Å²) in [6.07, 6.45) is 3.43. The van der Waals surface area contributed by atoms with Crippen LogP contribution in [0.15, 0.2) is 0 Å². The lowest BCUT2D eigenvalue weighted by Gasteiger charge is -1.80. The Labute approximate surface area is 47.0 Å². The predicted octanol–water partition coefficient (Wildman–Crippen LogP) is 1.04. The summed E-state index contributed by atoms with van der Waals surface area (Å²) in [7, 11) is 0.494. The minimum absolute atomic E-state index is 0.494. The van der Waals surface area contributed by atoms with Crippen LogP contribution >= 0.6 is 0 Å². The molecule has 0 aromatic carbocycles. The highest BCUT2D eigenvalue weighted by Gasteiger charge is 1.68. The Morgan fingerprint density at radius 2 is 2.43 bits per heavy atom. The minimum Gasteiger partial charge on any atom is -0.500 e. The van der Waals surface area contributed by atoms with E-state index >= 15 is 0 Å². The molecule has 7 heavy (non-hydrogen) atoms. The monoisotopic (exact) mass is 112 g/mol. The molecule has 0 bridgehead atoms. The van der Waals surface area contributed by atoms with E-state index in [1.807, 2.05) is 13.5 Å². The van der Waals surface area contributed by atoms with Gasteiger partial charge < -0.3 is 4.43 Å². The zero-order valence-electron chi connectivity index (χ0n) is 4.62. The quantitative estimate of drug-likeness (QED) is 0.364. The molecule has 0 aromatic rings. The van der Waals surface area contributed by atoms with E-state index in [1.165, 1.54) is 0 Å². The highest BCUT2D eigenvalue weighted by Crippen LogP contribution is 1.67. The van der Waals surface area contributed by atoms with Crippen LogP contribution in [0, 0.1) is 12.0 Å². The van der Waals surface area contributed by atoms with Gasteiger partial charge in [-0.3, -0.25) is 0 Å². The first-order valence-corrected chi connectivity index (χ1v) is 3.63. The zero-order chi connectivity index (χ0) is 5.54. The molecule has 0 saturated carbocycles. The first-order valence-electron chi connectivity index (χ1n) is 2.22. The van der Waals surface area contributed by atoms with Crippen molar-refractivity contribution >= 4 is 9.76 Å². The Hall–Kier alpha value is -0.423. The summed E-state index contributed by atoms with van der Waals surface area (Å²) in [6.45, 7) is 3.94. The van der Waals surface area contributed by atoms with Crippen LogP contribution in [0.2, 0.25) is 6.55 Å². The van der Waals surface area contributed by atoms with Gasteiger partial charge in [0.2, 0.25) is 0 Å². The Morgan fingerprint density at radius 1 is 1.71 bits per heavy atom. The summed E-state index contributed by atoms with van der Waals surface area (Å²) in [6, 6.07) is 0. The van der Waals surface area contributed by atoms with Crippen molar-refractivity contribution in [2.24, 2.45) is 0 Å². The molecule has 0 spiro atoms. The minimum atomic E-state index is 0.494. The Kier molecular flexibility index (Phi) is 5.24. The van der Waals surface area contributed by atoms with Crippen molar-refractivity contribution in [3.63, 3.8) is 0 Å². The van der Waals surface area contributed by atoms with Crippen LogP contribution in [0.25, 0.3) is 0 Å². The molecule has 0 aromatic heterocycles. The molecule has 0 unspecified atom stereocenters. The number of rotatable bonds is 1. The van der Waals surface area contributed by atoms with Crippen molar-refractivity contribution in [1.29, 1.82) is 0 Å². The van der Waals surface area contributed by atoms with Crippen molar-refractivity contribution in [1.82, 2.24) is 0 Å². The molecule has 38 valence electrons. The van der Waals surface area contributed by atoms with Crippen molar-refractivity contribution in [2.75, 3.05) is 0 Å². The molecule has 0 aliphatic carbocycles. The van der Waals surface area contributed by atoms with Crippen molar-refractivity contribution in [3.05, 3.63) is 0 Å². The molecule has 2 radical (unpaired) electrons. The number of hydrogen-bond acceptors (Lipinski definition) is 1. The lowest BCUT2D eigenvalue weighted by atomic mass is 10.5. The maximum Gasteiger partial charge on any atom is 0.324 e. The molecule has 0 N–H and O–H groups in total. The largest absolute Gasteiger partial charge is 0.500 e. The van der Waals surface area contributed by atoms with Gasteiger partial charge in [-0.1, -0.05) is 12.8 Å². The Bertz CT molecular complexity index is 79.8. The van der Waals surface area contributed by atoms with E-state index in [2.05, 4.69) is 12.0 Å². The molecule has 0 saturated heterocycles. The molecule has 0 rings (SSSR count). The first kappa shape index (κ1) is 6.58. The van der Waals surface area contributed by atoms with E-state index in [0.29, 0.717) is 9.76 Å². The van der Waals surface area contributed by atoms with E-state index in [-0.39, 0.29) is 0 Å². The second-order valence-electron chi connectivity index (χ2n) is 0.939. The van der Waals surface area contributed by atoms with Crippen LogP contribution < -0.4 is 0 Å². The molecular formula is C5H8OSi. The molecule has 0 atom stereocenters. The molecule has 0 aliphatic rings. The average molecular weight is 112 g/mol. The van der Waals surface area contributed by atoms with E-state index < -0.39 is 0 Å². The maximum atomic E-state index is 4.74. The summed E-state index contributed by atoms with van der Waals surface area (Å²) in [4.78, 5) is 0. The summed E-state index contributed by atoms with van der Waals surface area (Å²) >= 11 is 0. The van der Waals surface area contributed by atoms with Gasteiger partial charge in [0.25, 0.3) is 0 Å². The maximum absolute atomic E-state index is 4.74. The van der Waals surface area contributed by atoms with E-state index in [1.54, 1.807) is 0 Å². The van der Waals surface area contributed by atoms with Gasteiger partial charge in [0.15, 0.2) is 0 Å². The third kappa shape index (κ3) is 5.58. The topological polar surface area (TPSA) is 9.23 Å². The fourth-order valence-corrected chi connectivity index (χ4v) is 0.334. The number of hydrogen-bond donors (Lipinski definition) is 0. The second kappa shape index (κ2) is 5.58. The van der Waals surface area contributed by atoms with Crippen LogP contribution in [0.5, 0.6) is 0 Å². The molecular weight excluding hydrogens is 104 g/mol. The van der Waals surface area contributed by atoms with Crippen LogP contribution in [-0.2, 0) is 4.43 Å². The highest BCUT2D eigenvalue weighted by atomic mass is 28.2. The molecule has 0 fully saturated rings. The van der Waals surface area contributed by atoms with E-state index in [9.17, 15) is 0 Å². The zero-order valence-corrected chi connectivity index (χ0v) is 5.62. The second-order valence-corrected chi connectivity index (χ2v) is 1.55. The average Bonchev–Trinajstić information content (AvgIpc) is 1.69. The fraction of sp³-hybridized carbons (Fsp3) is 0.600. The Morgan fingerprint density at radius 3 is 2.86 bits per heavy atom. The summed E-state index contributed by atoms with van der Waals surface area (Å²) < 4.78 is 4.74. The highest BCUT2D eigenvalue weighted by molar-refractivity contribution is 6.25.